The third-order valence-electron chi connectivity index (χ3n) is 2.54. The van der Waals surface area contributed by atoms with E-state index in [1.807, 2.05) is 13.8 Å². The molecule has 3 N–H and O–H groups in total. The van der Waals surface area contributed by atoms with Crippen molar-refractivity contribution in [2.75, 3.05) is 0 Å². The van der Waals surface area contributed by atoms with E-state index in [4.69, 9.17) is 18.0 Å². The number of aromatic nitrogens is 2. The van der Waals surface area contributed by atoms with Crippen molar-refractivity contribution in [2.45, 2.75) is 26.8 Å². The first-order valence-electron chi connectivity index (χ1n) is 4.92. The number of thiocarbonyl (C=S) groups is 1. The lowest BCUT2D eigenvalue weighted by molar-refractivity contribution is 0.427. The minimum Gasteiger partial charge on any atom is -0.393 e. The molecular formula is C10H15N3O2S. The average molecular weight is 241 g/mol. The van der Waals surface area contributed by atoms with E-state index in [2.05, 4.69) is 4.98 Å². The molecule has 0 aliphatic rings. The predicted octanol–water partition coefficient (Wildman–Crippen LogP) is 0.239. The molecule has 0 amide bonds. The minimum absolute atomic E-state index is 0.301. The summed E-state index contributed by atoms with van der Waals surface area (Å²) in [7, 11) is 0. The van der Waals surface area contributed by atoms with Crippen LogP contribution in [0.15, 0.2) is 21.9 Å². The monoisotopic (exact) mass is 241 g/mol. The van der Waals surface area contributed by atoms with Gasteiger partial charge in [0.2, 0.25) is 0 Å². The van der Waals surface area contributed by atoms with Gasteiger partial charge in [0.1, 0.15) is 0 Å². The maximum atomic E-state index is 11.4. The second-order valence-corrected chi connectivity index (χ2v) is 4.74. The zero-order chi connectivity index (χ0) is 12.3. The number of nitrogens with one attached hydrogen (secondary N) is 1. The molecule has 0 saturated heterocycles. The van der Waals surface area contributed by atoms with Gasteiger partial charge in [-0.1, -0.05) is 26.1 Å². The molecule has 0 spiro atoms. The van der Waals surface area contributed by atoms with Gasteiger partial charge in [-0.05, 0) is 6.42 Å². The Hall–Kier alpha value is -1.43. The number of aryl methyl sites for hydroxylation is 1. The van der Waals surface area contributed by atoms with Gasteiger partial charge < -0.3 is 10.3 Å². The zero-order valence-corrected chi connectivity index (χ0v) is 10.1. The molecule has 0 unspecified atom stereocenters. The lowest BCUT2D eigenvalue weighted by atomic mass is 9.89. The zero-order valence-electron chi connectivity index (χ0n) is 9.32. The Kier molecular flexibility index (Phi) is 3.64. The van der Waals surface area contributed by atoms with Crippen LogP contribution < -0.4 is 17.0 Å². The van der Waals surface area contributed by atoms with Gasteiger partial charge in [0.25, 0.3) is 5.56 Å². The molecule has 0 aliphatic heterocycles. The Morgan fingerprint density at radius 3 is 2.69 bits per heavy atom. The standard InChI is InChI=1S/C10H15N3O2S/c1-10(2,8(11)16)4-6-13-5-3-7(14)12-9(13)15/h3,5H,4,6H2,1-2H3,(H2,11,16)(H,12,14,15). The van der Waals surface area contributed by atoms with Gasteiger partial charge in [-0.3, -0.25) is 9.78 Å². The quantitative estimate of drug-likeness (QED) is 0.740. The number of nitrogens with zero attached hydrogens (tertiary/aromatic N) is 1. The van der Waals surface area contributed by atoms with Crippen LogP contribution in [0.5, 0.6) is 0 Å². The molecule has 1 aromatic rings. The van der Waals surface area contributed by atoms with E-state index >= 15 is 0 Å². The van der Waals surface area contributed by atoms with Crippen LogP contribution in [0.2, 0.25) is 0 Å². The Morgan fingerprint density at radius 1 is 1.56 bits per heavy atom. The number of hydrogen-bond acceptors (Lipinski definition) is 3. The van der Waals surface area contributed by atoms with Crippen molar-refractivity contribution in [1.82, 2.24) is 9.55 Å². The van der Waals surface area contributed by atoms with Gasteiger partial charge in [-0.2, -0.15) is 0 Å². The number of H-pyrrole nitrogens is 1. The molecule has 0 saturated carbocycles. The maximum absolute atomic E-state index is 11.4. The van der Waals surface area contributed by atoms with Crippen LogP contribution in [0.25, 0.3) is 0 Å². The molecule has 0 bridgehead atoms. The Bertz CT molecular complexity index is 501. The van der Waals surface area contributed by atoms with E-state index in [0.717, 1.165) is 0 Å². The number of rotatable bonds is 4. The van der Waals surface area contributed by atoms with Crippen LogP contribution in [0.3, 0.4) is 0 Å². The number of aromatic amines is 1. The van der Waals surface area contributed by atoms with Crippen molar-refractivity contribution in [3.8, 4) is 0 Å². The van der Waals surface area contributed by atoms with Crippen molar-refractivity contribution in [1.29, 1.82) is 0 Å². The molecular weight excluding hydrogens is 226 g/mol. The summed E-state index contributed by atoms with van der Waals surface area (Å²) in [4.78, 5) is 24.8. The number of hydrogen-bond donors (Lipinski definition) is 2. The summed E-state index contributed by atoms with van der Waals surface area (Å²) in [6.07, 6.45) is 2.12. The molecule has 1 rings (SSSR count). The van der Waals surface area contributed by atoms with Crippen molar-refractivity contribution in [3.63, 3.8) is 0 Å². The predicted molar refractivity (Wildman–Crippen MR) is 66.5 cm³/mol. The van der Waals surface area contributed by atoms with Gasteiger partial charge in [-0.25, -0.2) is 4.79 Å². The summed E-state index contributed by atoms with van der Waals surface area (Å²) >= 11 is 4.93. The highest BCUT2D eigenvalue weighted by atomic mass is 32.1. The highest BCUT2D eigenvalue weighted by Crippen LogP contribution is 2.20. The van der Waals surface area contributed by atoms with Crippen molar-refractivity contribution in [2.24, 2.45) is 11.1 Å². The first kappa shape index (κ1) is 12.6. The summed E-state index contributed by atoms with van der Waals surface area (Å²) in [5.41, 5.74) is 4.48. The topological polar surface area (TPSA) is 80.9 Å². The molecule has 16 heavy (non-hydrogen) atoms. The molecule has 1 aromatic heterocycles. The van der Waals surface area contributed by atoms with Crippen LogP contribution >= 0.6 is 12.2 Å². The Balaban J connectivity index is 2.80. The molecule has 1 heterocycles. The highest BCUT2D eigenvalue weighted by Gasteiger charge is 2.21. The van der Waals surface area contributed by atoms with E-state index in [-0.39, 0.29) is 5.41 Å². The van der Waals surface area contributed by atoms with E-state index in [1.54, 1.807) is 0 Å². The van der Waals surface area contributed by atoms with Gasteiger partial charge in [0.15, 0.2) is 0 Å². The molecule has 0 aromatic carbocycles. The van der Waals surface area contributed by atoms with Crippen molar-refractivity contribution in [3.05, 3.63) is 33.1 Å². The van der Waals surface area contributed by atoms with Crippen LogP contribution in [-0.2, 0) is 6.54 Å². The van der Waals surface area contributed by atoms with Crippen LogP contribution in [0.4, 0.5) is 0 Å². The van der Waals surface area contributed by atoms with Crippen LogP contribution in [0.1, 0.15) is 20.3 Å². The fourth-order valence-electron chi connectivity index (χ4n) is 1.14. The van der Waals surface area contributed by atoms with Gasteiger partial charge in [0.05, 0.1) is 4.99 Å². The molecule has 88 valence electrons. The lowest BCUT2D eigenvalue weighted by Gasteiger charge is -2.23. The SMILES string of the molecule is CC(C)(CCn1ccc(=O)[nH]c1=O)C(N)=S. The highest BCUT2D eigenvalue weighted by molar-refractivity contribution is 7.80. The van der Waals surface area contributed by atoms with Crippen LogP contribution in [-0.4, -0.2) is 14.5 Å². The first-order chi connectivity index (χ1) is 7.33. The average Bonchev–Trinajstić information content (AvgIpc) is 2.16. The van der Waals surface area contributed by atoms with E-state index in [9.17, 15) is 9.59 Å². The second-order valence-electron chi connectivity index (χ2n) is 4.30. The fourth-order valence-corrected chi connectivity index (χ4v) is 1.25. The van der Waals surface area contributed by atoms with Crippen molar-refractivity contribution >= 4 is 17.2 Å². The van der Waals surface area contributed by atoms with Crippen molar-refractivity contribution < 1.29 is 0 Å². The second kappa shape index (κ2) is 4.61. The normalized spacial score (nSPS) is 11.4. The van der Waals surface area contributed by atoms with Gasteiger partial charge in [0, 0.05) is 24.2 Å². The molecule has 0 fully saturated rings. The molecule has 0 atom stereocenters. The Labute approximate surface area is 98.3 Å². The minimum atomic E-state index is -0.411. The maximum Gasteiger partial charge on any atom is 0.328 e. The third-order valence-corrected chi connectivity index (χ3v) is 3.09. The molecule has 0 radical (unpaired) electrons. The first-order valence-corrected chi connectivity index (χ1v) is 5.33. The lowest BCUT2D eigenvalue weighted by Crippen LogP contribution is -2.34. The molecule has 5 nitrogen and oxygen atoms in total. The molecule has 6 heteroatoms. The molecule has 0 aliphatic carbocycles. The fraction of sp³-hybridized carbons (Fsp3) is 0.500. The van der Waals surface area contributed by atoms with Gasteiger partial charge >= 0.3 is 5.69 Å². The third kappa shape index (κ3) is 3.03. The number of nitrogens with two attached hydrogens (primary N) is 1. The largest absolute Gasteiger partial charge is 0.393 e. The summed E-state index contributed by atoms with van der Waals surface area (Å²) in [5.74, 6) is 0. The summed E-state index contributed by atoms with van der Waals surface area (Å²) in [5, 5.41) is 0. The summed E-state index contributed by atoms with van der Waals surface area (Å²) < 4.78 is 1.43. The summed E-state index contributed by atoms with van der Waals surface area (Å²) in [6, 6.07) is 1.31. The van der Waals surface area contributed by atoms with E-state index < -0.39 is 11.2 Å². The van der Waals surface area contributed by atoms with Crippen LogP contribution in [0, 0.1) is 5.41 Å². The van der Waals surface area contributed by atoms with Gasteiger partial charge in [-0.15, -0.1) is 0 Å². The van der Waals surface area contributed by atoms with E-state index in [1.165, 1.54) is 16.8 Å². The summed E-state index contributed by atoms with van der Waals surface area (Å²) in [6.45, 7) is 4.32. The Morgan fingerprint density at radius 2 is 2.19 bits per heavy atom. The smallest absolute Gasteiger partial charge is 0.328 e. The van der Waals surface area contributed by atoms with E-state index in [0.29, 0.717) is 18.0 Å².